The average molecular weight is 320 g/mol. The lowest BCUT2D eigenvalue weighted by Gasteiger charge is -2.26. The third-order valence-corrected chi connectivity index (χ3v) is 3.30. The molecule has 0 radical (unpaired) electrons. The van der Waals surface area contributed by atoms with Crippen LogP contribution in [0, 0.1) is 5.82 Å². The van der Waals surface area contributed by atoms with Crippen LogP contribution in [0.3, 0.4) is 0 Å². The minimum absolute atomic E-state index is 0.232. The molecule has 1 aliphatic heterocycles. The van der Waals surface area contributed by atoms with E-state index in [1.807, 2.05) is 5.32 Å². The third-order valence-electron chi connectivity index (χ3n) is 3.30. The molecule has 0 bridgehead atoms. The number of hydrogen-bond acceptors (Lipinski definition) is 2. The summed E-state index contributed by atoms with van der Waals surface area (Å²) >= 11 is 0. The van der Waals surface area contributed by atoms with Gasteiger partial charge in [-0.3, -0.25) is 0 Å². The van der Waals surface area contributed by atoms with Crippen molar-refractivity contribution in [1.29, 1.82) is 0 Å². The van der Waals surface area contributed by atoms with Crippen LogP contribution in [0.1, 0.15) is 24.4 Å². The molecular weight excluding hydrogens is 304 g/mol. The van der Waals surface area contributed by atoms with Crippen LogP contribution in [-0.4, -0.2) is 31.5 Å². The molecule has 2 atom stereocenters. The SMILES string of the molecule is O=C(NC1CCCOC1)N[C@@H](c1ccc(F)cc1)C(F)(F)F. The van der Waals surface area contributed by atoms with E-state index >= 15 is 0 Å². The lowest BCUT2D eigenvalue weighted by atomic mass is 10.1. The summed E-state index contributed by atoms with van der Waals surface area (Å²) in [5, 5.41) is 4.34. The second-order valence-corrected chi connectivity index (χ2v) is 5.06. The highest BCUT2D eigenvalue weighted by Gasteiger charge is 2.42. The molecule has 2 amide bonds. The van der Waals surface area contributed by atoms with Gasteiger partial charge in [-0.2, -0.15) is 13.2 Å². The quantitative estimate of drug-likeness (QED) is 0.842. The summed E-state index contributed by atoms with van der Waals surface area (Å²) < 4.78 is 57.2. The van der Waals surface area contributed by atoms with Gasteiger partial charge in [0, 0.05) is 6.61 Å². The van der Waals surface area contributed by atoms with Gasteiger partial charge in [0.2, 0.25) is 0 Å². The molecule has 1 fully saturated rings. The highest BCUT2D eigenvalue weighted by molar-refractivity contribution is 5.75. The number of rotatable bonds is 3. The first kappa shape index (κ1) is 16.5. The van der Waals surface area contributed by atoms with E-state index < -0.39 is 24.1 Å². The number of urea groups is 1. The second-order valence-electron chi connectivity index (χ2n) is 5.06. The minimum Gasteiger partial charge on any atom is -0.379 e. The molecule has 2 N–H and O–H groups in total. The largest absolute Gasteiger partial charge is 0.412 e. The van der Waals surface area contributed by atoms with Crippen molar-refractivity contribution in [2.45, 2.75) is 31.1 Å². The molecule has 1 aliphatic rings. The summed E-state index contributed by atoms with van der Waals surface area (Å²) in [5.41, 5.74) is -0.232. The molecule has 22 heavy (non-hydrogen) atoms. The molecule has 1 aromatic carbocycles. The number of alkyl halides is 3. The van der Waals surface area contributed by atoms with Crippen LogP contribution < -0.4 is 10.6 Å². The van der Waals surface area contributed by atoms with Crippen LogP contribution in [0.15, 0.2) is 24.3 Å². The zero-order chi connectivity index (χ0) is 16.2. The highest BCUT2D eigenvalue weighted by Crippen LogP contribution is 2.32. The molecule has 1 heterocycles. The first-order valence-corrected chi connectivity index (χ1v) is 6.83. The molecule has 1 aromatic rings. The minimum atomic E-state index is -4.68. The fourth-order valence-electron chi connectivity index (χ4n) is 2.22. The Bertz CT molecular complexity index is 499. The standard InChI is InChI=1S/C14H16F4N2O2/c15-10-5-3-9(4-6-10)12(14(16,17)18)20-13(21)19-11-2-1-7-22-8-11/h3-6,11-12H,1-2,7-8H2,(H2,19,20,21)/t11?,12-/m0/s1. The van der Waals surface area contributed by atoms with Gasteiger partial charge in [-0.25, -0.2) is 9.18 Å². The molecule has 0 aliphatic carbocycles. The fourth-order valence-corrected chi connectivity index (χ4v) is 2.22. The van der Waals surface area contributed by atoms with E-state index in [4.69, 9.17) is 4.74 Å². The molecule has 2 rings (SSSR count). The maximum atomic E-state index is 13.1. The number of carbonyl (C=O) groups excluding carboxylic acids is 1. The van der Waals surface area contributed by atoms with E-state index in [2.05, 4.69) is 5.32 Å². The van der Waals surface area contributed by atoms with Crippen molar-refractivity contribution in [2.75, 3.05) is 13.2 Å². The summed E-state index contributed by atoms with van der Waals surface area (Å²) in [6, 6.07) is 0.399. The number of halogens is 4. The van der Waals surface area contributed by atoms with Crippen molar-refractivity contribution in [1.82, 2.24) is 10.6 Å². The summed E-state index contributed by atoms with van der Waals surface area (Å²) in [7, 11) is 0. The number of hydrogen-bond donors (Lipinski definition) is 2. The predicted molar refractivity (Wildman–Crippen MR) is 70.7 cm³/mol. The molecule has 0 saturated carbocycles. The Morgan fingerprint density at radius 2 is 1.95 bits per heavy atom. The van der Waals surface area contributed by atoms with Crippen molar-refractivity contribution in [3.63, 3.8) is 0 Å². The van der Waals surface area contributed by atoms with E-state index in [-0.39, 0.29) is 18.2 Å². The Hall–Kier alpha value is -1.83. The zero-order valence-electron chi connectivity index (χ0n) is 11.6. The number of nitrogens with one attached hydrogen (secondary N) is 2. The van der Waals surface area contributed by atoms with E-state index in [1.54, 1.807) is 0 Å². The Labute approximate surface area is 124 Å². The van der Waals surface area contributed by atoms with Crippen molar-refractivity contribution in [3.05, 3.63) is 35.6 Å². The topological polar surface area (TPSA) is 50.4 Å². The van der Waals surface area contributed by atoms with Crippen LogP contribution in [0.25, 0.3) is 0 Å². The molecule has 122 valence electrons. The van der Waals surface area contributed by atoms with Crippen LogP contribution in [0.4, 0.5) is 22.4 Å². The maximum Gasteiger partial charge on any atom is 0.412 e. The van der Waals surface area contributed by atoms with Crippen LogP contribution in [-0.2, 0) is 4.74 Å². The summed E-state index contributed by atoms with van der Waals surface area (Å²) in [6.45, 7) is 0.862. The van der Waals surface area contributed by atoms with E-state index in [0.717, 1.165) is 30.7 Å². The van der Waals surface area contributed by atoms with Gasteiger partial charge in [0.05, 0.1) is 12.6 Å². The first-order valence-electron chi connectivity index (χ1n) is 6.83. The van der Waals surface area contributed by atoms with Crippen molar-refractivity contribution >= 4 is 6.03 Å². The van der Waals surface area contributed by atoms with Gasteiger partial charge in [-0.15, -0.1) is 0 Å². The number of carbonyl (C=O) groups is 1. The molecule has 1 unspecified atom stereocenters. The van der Waals surface area contributed by atoms with Gasteiger partial charge in [-0.05, 0) is 30.5 Å². The van der Waals surface area contributed by atoms with Gasteiger partial charge >= 0.3 is 12.2 Å². The first-order chi connectivity index (χ1) is 10.4. The van der Waals surface area contributed by atoms with E-state index in [9.17, 15) is 22.4 Å². The Morgan fingerprint density at radius 1 is 1.27 bits per heavy atom. The van der Waals surface area contributed by atoms with Crippen molar-refractivity contribution in [2.24, 2.45) is 0 Å². The number of amides is 2. The summed E-state index contributed by atoms with van der Waals surface area (Å²) in [6.07, 6.45) is -3.29. The van der Waals surface area contributed by atoms with Gasteiger partial charge in [0.1, 0.15) is 5.82 Å². The van der Waals surface area contributed by atoms with Gasteiger partial charge in [0.25, 0.3) is 0 Å². The fraction of sp³-hybridized carbons (Fsp3) is 0.500. The number of benzene rings is 1. The molecule has 8 heteroatoms. The Kier molecular flexibility index (Phi) is 5.23. The number of ether oxygens (including phenoxy) is 1. The van der Waals surface area contributed by atoms with Crippen LogP contribution >= 0.6 is 0 Å². The third kappa shape index (κ3) is 4.59. The van der Waals surface area contributed by atoms with Crippen LogP contribution in [0.2, 0.25) is 0 Å². The lowest BCUT2D eigenvalue weighted by molar-refractivity contribution is -0.155. The maximum absolute atomic E-state index is 13.1. The van der Waals surface area contributed by atoms with Gasteiger partial charge < -0.3 is 15.4 Å². The Balaban J connectivity index is 2.03. The molecular formula is C14H16F4N2O2. The predicted octanol–water partition coefficient (Wildman–Crippen LogP) is 2.91. The van der Waals surface area contributed by atoms with E-state index in [0.29, 0.717) is 13.0 Å². The van der Waals surface area contributed by atoms with Gasteiger partial charge in [0.15, 0.2) is 6.04 Å². The summed E-state index contributed by atoms with van der Waals surface area (Å²) in [5.74, 6) is -0.645. The normalized spacial score (nSPS) is 20.3. The Morgan fingerprint density at radius 3 is 2.50 bits per heavy atom. The molecule has 0 aromatic heterocycles. The monoisotopic (exact) mass is 320 g/mol. The highest BCUT2D eigenvalue weighted by atomic mass is 19.4. The van der Waals surface area contributed by atoms with Crippen molar-refractivity contribution < 1.29 is 27.1 Å². The van der Waals surface area contributed by atoms with Crippen molar-refractivity contribution in [3.8, 4) is 0 Å². The molecule has 0 spiro atoms. The van der Waals surface area contributed by atoms with Gasteiger partial charge in [-0.1, -0.05) is 12.1 Å². The molecule has 1 saturated heterocycles. The zero-order valence-corrected chi connectivity index (χ0v) is 11.6. The molecule has 4 nitrogen and oxygen atoms in total. The summed E-state index contributed by atoms with van der Waals surface area (Å²) in [4.78, 5) is 11.8. The lowest BCUT2D eigenvalue weighted by Crippen LogP contribution is -2.49. The van der Waals surface area contributed by atoms with E-state index in [1.165, 1.54) is 0 Å². The second kappa shape index (κ2) is 6.95. The smallest absolute Gasteiger partial charge is 0.379 e. The average Bonchev–Trinajstić information content (AvgIpc) is 2.46. The van der Waals surface area contributed by atoms with Crippen LogP contribution in [0.5, 0.6) is 0 Å².